The quantitative estimate of drug-likeness (QED) is 0.834. The molecule has 0 aromatic heterocycles. The molecule has 0 bridgehead atoms. The minimum absolute atomic E-state index is 0.124. The summed E-state index contributed by atoms with van der Waals surface area (Å²) in [5.74, 6) is -2.38. The normalized spacial score (nSPS) is 14.5. The van der Waals surface area contributed by atoms with Crippen molar-refractivity contribution in [1.29, 1.82) is 0 Å². The van der Waals surface area contributed by atoms with Gasteiger partial charge in [0, 0.05) is 12.6 Å². The molecule has 5 heteroatoms. The highest BCUT2D eigenvalue weighted by molar-refractivity contribution is 5.96. The molecule has 1 aliphatic rings. The van der Waals surface area contributed by atoms with Gasteiger partial charge >= 0.3 is 0 Å². The number of carbonyl (C=O) groups excluding carboxylic acids is 1. The van der Waals surface area contributed by atoms with Crippen molar-refractivity contribution in [2.45, 2.75) is 38.6 Å². The number of nitrogens with two attached hydrogens (primary N) is 1. The van der Waals surface area contributed by atoms with Crippen LogP contribution in [0, 0.1) is 11.6 Å². The first-order valence-corrected chi connectivity index (χ1v) is 6.60. The Hall–Kier alpha value is -1.65. The average molecular weight is 268 g/mol. The Morgan fingerprint density at radius 2 is 2.11 bits per heavy atom. The van der Waals surface area contributed by atoms with Crippen LogP contribution >= 0.6 is 0 Å². The van der Waals surface area contributed by atoms with E-state index in [0.717, 1.165) is 37.8 Å². The highest BCUT2D eigenvalue weighted by Gasteiger charge is 2.35. The minimum Gasteiger partial charge on any atom is -0.396 e. The van der Waals surface area contributed by atoms with E-state index in [1.165, 1.54) is 0 Å². The van der Waals surface area contributed by atoms with Crippen molar-refractivity contribution in [3.8, 4) is 0 Å². The molecule has 19 heavy (non-hydrogen) atoms. The lowest BCUT2D eigenvalue weighted by atomic mass is 10.1. The van der Waals surface area contributed by atoms with Crippen molar-refractivity contribution in [1.82, 2.24) is 4.90 Å². The number of anilines is 1. The Bertz CT molecular complexity index is 487. The third-order valence-corrected chi connectivity index (χ3v) is 3.34. The maximum Gasteiger partial charge on any atom is 0.260 e. The fourth-order valence-electron chi connectivity index (χ4n) is 2.07. The van der Waals surface area contributed by atoms with E-state index in [-0.39, 0.29) is 11.7 Å². The molecule has 3 nitrogen and oxygen atoms in total. The molecule has 0 heterocycles. The van der Waals surface area contributed by atoms with Gasteiger partial charge < -0.3 is 10.6 Å². The topological polar surface area (TPSA) is 46.3 Å². The summed E-state index contributed by atoms with van der Waals surface area (Å²) in [7, 11) is 0. The fourth-order valence-corrected chi connectivity index (χ4v) is 2.07. The number of hydrogen-bond acceptors (Lipinski definition) is 2. The van der Waals surface area contributed by atoms with Gasteiger partial charge in [0.25, 0.3) is 5.91 Å². The second-order valence-electron chi connectivity index (χ2n) is 4.91. The Kier molecular flexibility index (Phi) is 4.02. The lowest BCUT2D eigenvalue weighted by molar-refractivity contribution is 0.0731. The van der Waals surface area contributed by atoms with Crippen molar-refractivity contribution >= 4 is 11.6 Å². The van der Waals surface area contributed by atoms with Crippen molar-refractivity contribution in [2.24, 2.45) is 0 Å². The van der Waals surface area contributed by atoms with Crippen molar-refractivity contribution < 1.29 is 13.6 Å². The van der Waals surface area contributed by atoms with Crippen LogP contribution in [-0.4, -0.2) is 23.4 Å². The Balaban J connectivity index is 2.28. The second kappa shape index (κ2) is 5.55. The summed E-state index contributed by atoms with van der Waals surface area (Å²) in [6.07, 6.45) is 3.56. The van der Waals surface area contributed by atoms with Gasteiger partial charge in [0.05, 0.1) is 5.69 Å². The first-order valence-electron chi connectivity index (χ1n) is 6.60. The summed E-state index contributed by atoms with van der Waals surface area (Å²) in [6, 6.07) is 2.30. The molecule has 0 aliphatic heterocycles. The molecule has 0 saturated heterocycles. The zero-order valence-corrected chi connectivity index (χ0v) is 11.0. The number of hydrogen-bond donors (Lipinski definition) is 1. The number of amides is 1. The van der Waals surface area contributed by atoms with Gasteiger partial charge in [-0.3, -0.25) is 4.79 Å². The van der Waals surface area contributed by atoms with Crippen LogP contribution in [0.2, 0.25) is 0 Å². The summed E-state index contributed by atoms with van der Waals surface area (Å²) in [6.45, 7) is 2.55. The van der Waals surface area contributed by atoms with Crippen LogP contribution in [0.15, 0.2) is 12.1 Å². The molecule has 1 aromatic carbocycles. The van der Waals surface area contributed by atoms with Gasteiger partial charge in [0.2, 0.25) is 0 Å². The third kappa shape index (κ3) is 2.85. The monoisotopic (exact) mass is 268 g/mol. The molecule has 1 amide bonds. The van der Waals surface area contributed by atoms with Crippen LogP contribution < -0.4 is 5.73 Å². The number of nitrogens with zero attached hydrogens (tertiary/aromatic N) is 1. The zero-order valence-electron chi connectivity index (χ0n) is 11.0. The van der Waals surface area contributed by atoms with Crippen LogP contribution in [0.3, 0.4) is 0 Å². The fraction of sp³-hybridized carbons (Fsp3) is 0.500. The molecule has 2 N–H and O–H groups in total. The van der Waals surface area contributed by atoms with Crippen LogP contribution in [0.25, 0.3) is 0 Å². The molecule has 0 atom stereocenters. The minimum atomic E-state index is -0.952. The number of benzene rings is 1. The molecule has 0 spiro atoms. The lowest BCUT2D eigenvalue weighted by Gasteiger charge is -2.23. The first kappa shape index (κ1) is 13.8. The predicted molar refractivity (Wildman–Crippen MR) is 69.7 cm³/mol. The molecular formula is C14H18F2N2O. The van der Waals surface area contributed by atoms with E-state index in [4.69, 9.17) is 5.73 Å². The SMILES string of the molecule is CCCCN(C(=O)c1c(F)ccc(N)c1F)C1CC1. The van der Waals surface area contributed by atoms with Gasteiger partial charge in [0.15, 0.2) is 5.82 Å². The van der Waals surface area contributed by atoms with E-state index < -0.39 is 23.1 Å². The van der Waals surface area contributed by atoms with Gasteiger partial charge in [-0.05, 0) is 31.4 Å². The molecule has 104 valence electrons. The maximum atomic E-state index is 13.9. The smallest absolute Gasteiger partial charge is 0.260 e. The second-order valence-corrected chi connectivity index (χ2v) is 4.91. The van der Waals surface area contributed by atoms with Crippen LogP contribution in [0.1, 0.15) is 43.0 Å². The summed E-state index contributed by atoms with van der Waals surface area (Å²) in [5.41, 5.74) is 4.68. The standard InChI is InChI=1S/C14H18F2N2O/c1-2-3-8-18(9-4-5-9)14(19)12-10(15)6-7-11(17)13(12)16/h6-7,9H,2-5,8,17H2,1H3. The van der Waals surface area contributed by atoms with E-state index in [0.29, 0.717) is 6.54 Å². The molecule has 1 aliphatic carbocycles. The summed E-state index contributed by atoms with van der Waals surface area (Å²) in [5, 5.41) is 0. The van der Waals surface area contributed by atoms with Crippen molar-refractivity contribution in [3.05, 3.63) is 29.3 Å². The number of unbranched alkanes of at least 4 members (excludes halogenated alkanes) is 1. The van der Waals surface area contributed by atoms with Crippen molar-refractivity contribution in [2.75, 3.05) is 12.3 Å². The van der Waals surface area contributed by atoms with Crippen molar-refractivity contribution in [3.63, 3.8) is 0 Å². The maximum absolute atomic E-state index is 13.9. The van der Waals surface area contributed by atoms with E-state index in [9.17, 15) is 13.6 Å². The largest absolute Gasteiger partial charge is 0.396 e. The third-order valence-electron chi connectivity index (χ3n) is 3.34. The van der Waals surface area contributed by atoms with Crippen LogP contribution in [-0.2, 0) is 0 Å². The van der Waals surface area contributed by atoms with Gasteiger partial charge in [-0.15, -0.1) is 0 Å². The summed E-state index contributed by atoms with van der Waals surface area (Å²) in [4.78, 5) is 13.9. The van der Waals surface area contributed by atoms with Gasteiger partial charge in [-0.1, -0.05) is 13.3 Å². The van der Waals surface area contributed by atoms with E-state index >= 15 is 0 Å². The number of carbonyl (C=O) groups is 1. The molecule has 2 rings (SSSR count). The molecule has 0 radical (unpaired) electrons. The molecule has 1 aromatic rings. The van der Waals surface area contributed by atoms with Gasteiger partial charge in [0.1, 0.15) is 11.4 Å². The number of nitrogen functional groups attached to an aromatic ring is 1. The lowest BCUT2D eigenvalue weighted by Crippen LogP contribution is -2.35. The number of halogens is 2. The molecule has 0 unspecified atom stereocenters. The molecule has 1 fully saturated rings. The van der Waals surface area contributed by atoms with E-state index in [2.05, 4.69) is 0 Å². The average Bonchev–Trinajstić information content (AvgIpc) is 3.19. The van der Waals surface area contributed by atoms with Crippen LogP contribution in [0.4, 0.5) is 14.5 Å². The van der Waals surface area contributed by atoms with E-state index in [1.807, 2.05) is 6.92 Å². The Morgan fingerprint density at radius 3 is 2.68 bits per heavy atom. The summed E-state index contributed by atoms with van der Waals surface area (Å²) < 4.78 is 27.6. The van der Waals surface area contributed by atoms with Gasteiger partial charge in [-0.2, -0.15) is 0 Å². The zero-order chi connectivity index (χ0) is 14.0. The Morgan fingerprint density at radius 1 is 1.42 bits per heavy atom. The number of rotatable bonds is 5. The first-order chi connectivity index (χ1) is 9.06. The molecular weight excluding hydrogens is 250 g/mol. The van der Waals surface area contributed by atoms with E-state index in [1.54, 1.807) is 4.90 Å². The molecule has 1 saturated carbocycles. The van der Waals surface area contributed by atoms with Gasteiger partial charge in [-0.25, -0.2) is 8.78 Å². The highest BCUT2D eigenvalue weighted by atomic mass is 19.1. The summed E-state index contributed by atoms with van der Waals surface area (Å²) >= 11 is 0. The Labute approximate surface area is 111 Å². The highest BCUT2D eigenvalue weighted by Crippen LogP contribution is 2.30. The predicted octanol–water partition coefficient (Wildman–Crippen LogP) is 2.95. The van der Waals surface area contributed by atoms with Crippen LogP contribution in [0.5, 0.6) is 0 Å².